The fourth-order valence-corrected chi connectivity index (χ4v) is 3.17. The minimum Gasteiger partial charge on any atom is -0.131 e. The lowest BCUT2D eigenvalue weighted by Gasteiger charge is -2.30. The highest BCUT2D eigenvalue weighted by atomic mass is 79.9. The van der Waals surface area contributed by atoms with Gasteiger partial charge in [-0.2, -0.15) is 0 Å². The topological polar surface area (TPSA) is 0 Å². The van der Waals surface area contributed by atoms with Gasteiger partial charge in [-0.1, -0.05) is 78.6 Å². The Morgan fingerprint density at radius 3 is 1.11 bits per heavy atom. The largest absolute Gasteiger partial charge is 0.131 e. The van der Waals surface area contributed by atoms with Gasteiger partial charge in [0.25, 0.3) is 0 Å². The molecule has 0 amide bonds. The van der Waals surface area contributed by atoms with Gasteiger partial charge < -0.3 is 0 Å². The van der Waals surface area contributed by atoms with E-state index in [4.69, 9.17) is 0 Å². The summed E-state index contributed by atoms with van der Waals surface area (Å²) in [6, 6.07) is 0. The van der Waals surface area contributed by atoms with E-state index in [1.165, 1.54) is 77.0 Å². The van der Waals surface area contributed by atoms with Crippen LogP contribution in [0.25, 0.3) is 0 Å². The molecule has 0 spiro atoms. The molecule has 18 heavy (non-hydrogen) atoms. The molecule has 0 heterocycles. The van der Waals surface area contributed by atoms with Crippen molar-refractivity contribution < 1.29 is 0 Å². The van der Waals surface area contributed by atoms with Gasteiger partial charge >= 0.3 is 0 Å². The van der Waals surface area contributed by atoms with Crippen molar-refractivity contribution in [1.82, 2.24) is 0 Å². The molecule has 0 fully saturated rings. The van der Waals surface area contributed by atoms with E-state index in [2.05, 4.69) is 30.0 Å². The van der Waals surface area contributed by atoms with E-state index in [0.29, 0.717) is 5.16 Å². The molecule has 0 radical (unpaired) electrons. The van der Waals surface area contributed by atoms with E-state index in [9.17, 15) is 0 Å². The van der Waals surface area contributed by atoms with Crippen molar-refractivity contribution in [2.24, 2.45) is 0 Å². The summed E-state index contributed by atoms with van der Waals surface area (Å²) in [6.45, 7) is 6.91. The van der Waals surface area contributed by atoms with Gasteiger partial charge in [0.05, 0.1) is 0 Å². The van der Waals surface area contributed by atoms with Gasteiger partial charge in [0.2, 0.25) is 0 Å². The highest BCUT2D eigenvalue weighted by Crippen LogP contribution is 2.36. The van der Waals surface area contributed by atoms with Crippen LogP contribution in [0.3, 0.4) is 0 Å². The summed E-state index contributed by atoms with van der Waals surface area (Å²) >= 11 is 0. The number of hydrogen-bond donors (Lipinski definition) is 0. The molecular formula is C16H36BrP. The lowest BCUT2D eigenvalue weighted by molar-refractivity contribution is 0.412. The summed E-state index contributed by atoms with van der Waals surface area (Å²) in [6.07, 6.45) is 16.9. The predicted octanol–water partition coefficient (Wildman–Crippen LogP) is 6.92. The summed E-state index contributed by atoms with van der Waals surface area (Å²) < 4.78 is 0. The first-order chi connectivity index (χ1) is 8.18. The molecule has 0 saturated heterocycles. The first-order valence-electron chi connectivity index (χ1n) is 7.97. The van der Waals surface area contributed by atoms with Crippen LogP contribution in [0.5, 0.6) is 0 Å². The van der Waals surface area contributed by atoms with Crippen molar-refractivity contribution in [2.45, 2.75) is 103 Å². The Balaban J connectivity index is 0. The zero-order valence-corrected chi connectivity index (χ0v) is 15.8. The SMILES string of the molecule is Br.CCCCCC(P)(CCCCC)CCCCC. The van der Waals surface area contributed by atoms with E-state index in [0.717, 1.165) is 0 Å². The third-order valence-corrected chi connectivity index (χ3v) is 4.70. The number of hydrogen-bond acceptors (Lipinski definition) is 0. The van der Waals surface area contributed by atoms with E-state index in [-0.39, 0.29) is 17.0 Å². The maximum Gasteiger partial charge on any atom is -0.0150 e. The van der Waals surface area contributed by atoms with Crippen molar-refractivity contribution >= 4 is 26.2 Å². The molecule has 0 bridgehead atoms. The first kappa shape index (κ1) is 21.2. The maximum atomic E-state index is 3.23. The van der Waals surface area contributed by atoms with Crippen molar-refractivity contribution in [1.29, 1.82) is 0 Å². The van der Waals surface area contributed by atoms with Crippen LogP contribution in [-0.4, -0.2) is 5.16 Å². The number of rotatable bonds is 12. The molecule has 1 unspecified atom stereocenters. The van der Waals surface area contributed by atoms with Crippen LogP contribution in [0, 0.1) is 0 Å². The summed E-state index contributed by atoms with van der Waals surface area (Å²) in [4.78, 5) is 0. The van der Waals surface area contributed by atoms with Gasteiger partial charge in [0, 0.05) is 0 Å². The van der Waals surface area contributed by atoms with E-state index in [1.54, 1.807) is 0 Å². The van der Waals surface area contributed by atoms with Gasteiger partial charge in [0.15, 0.2) is 0 Å². The van der Waals surface area contributed by atoms with Crippen LogP contribution in [0.2, 0.25) is 0 Å². The average molecular weight is 339 g/mol. The molecule has 0 rings (SSSR count). The highest BCUT2D eigenvalue weighted by molar-refractivity contribution is 8.93. The smallest absolute Gasteiger partial charge is 0.0150 e. The zero-order valence-electron chi connectivity index (χ0n) is 13.0. The fraction of sp³-hybridized carbons (Fsp3) is 1.00. The van der Waals surface area contributed by atoms with Crippen molar-refractivity contribution in [2.75, 3.05) is 0 Å². The monoisotopic (exact) mass is 338 g/mol. The van der Waals surface area contributed by atoms with E-state index >= 15 is 0 Å². The van der Waals surface area contributed by atoms with Crippen molar-refractivity contribution in [3.8, 4) is 0 Å². The Morgan fingerprint density at radius 1 is 0.611 bits per heavy atom. The quantitative estimate of drug-likeness (QED) is 0.267. The molecule has 0 aliphatic heterocycles. The molecule has 0 N–H and O–H groups in total. The Labute approximate surface area is 129 Å². The van der Waals surface area contributed by atoms with Gasteiger partial charge in [-0.25, -0.2) is 0 Å². The van der Waals surface area contributed by atoms with Gasteiger partial charge in [-0.05, 0) is 24.4 Å². The molecule has 0 nitrogen and oxygen atoms in total. The Bertz CT molecular complexity index is 133. The van der Waals surface area contributed by atoms with Gasteiger partial charge in [-0.15, -0.1) is 26.2 Å². The number of halogens is 1. The van der Waals surface area contributed by atoms with Crippen LogP contribution >= 0.6 is 26.2 Å². The molecule has 0 aromatic heterocycles. The summed E-state index contributed by atoms with van der Waals surface area (Å²) in [5.74, 6) is 0. The van der Waals surface area contributed by atoms with Crippen molar-refractivity contribution in [3.05, 3.63) is 0 Å². The lowest BCUT2D eigenvalue weighted by atomic mass is 9.89. The standard InChI is InChI=1S/C16H35P.BrH/c1-4-7-10-13-16(17,14-11-8-5-2)15-12-9-6-3;/h4-15,17H2,1-3H3;1H. The first-order valence-corrected chi connectivity index (χ1v) is 8.55. The van der Waals surface area contributed by atoms with Crippen LogP contribution in [0.4, 0.5) is 0 Å². The minimum atomic E-state index is 0. The maximum absolute atomic E-state index is 3.23. The summed E-state index contributed by atoms with van der Waals surface area (Å²) in [5, 5.41) is 0.569. The van der Waals surface area contributed by atoms with Gasteiger partial charge in [-0.3, -0.25) is 0 Å². The van der Waals surface area contributed by atoms with Gasteiger partial charge in [0.1, 0.15) is 0 Å². The third kappa shape index (κ3) is 12.0. The molecule has 0 aliphatic rings. The third-order valence-electron chi connectivity index (χ3n) is 3.83. The molecule has 0 aliphatic carbocycles. The Kier molecular flexibility index (Phi) is 16.9. The molecule has 0 aromatic rings. The van der Waals surface area contributed by atoms with Crippen LogP contribution in [0.15, 0.2) is 0 Å². The molecular weight excluding hydrogens is 303 g/mol. The highest BCUT2D eigenvalue weighted by Gasteiger charge is 2.22. The van der Waals surface area contributed by atoms with Crippen LogP contribution in [-0.2, 0) is 0 Å². The molecule has 0 aromatic carbocycles. The zero-order chi connectivity index (χ0) is 13.0. The molecule has 2 heteroatoms. The second-order valence-corrected chi connectivity index (χ2v) is 6.96. The summed E-state index contributed by atoms with van der Waals surface area (Å²) in [5.41, 5.74) is 0. The Hall–Kier alpha value is 0.910. The lowest BCUT2D eigenvalue weighted by Crippen LogP contribution is -2.20. The van der Waals surface area contributed by atoms with Crippen LogP contribution < -0.4 is 0 Å². The van der Waals surface area contributed by atoms with Crippen molar-refractivity contribution in [3.63, 3.8) is 0 Å². The van der Waals surface area contributed by atoms with E-state index < -0.39 is 0 Å². The predicted molar refractivity (Wildman–Crippen MR) is 95.2 cm³/mol. The molecule has 1 atom stereocenters. The van der Waals surface area contributed by atoms with Crippen LogP contribution in [0.1, 0.15) is 97.8 Å². The second-order valence-electron chi connectivity index (χ2n) is 5.73. The van der Waals surface area contributed by atoms with E-state index in [1.807, 2.05) is 0 Å². The fourth-order valence-electron chi connectivity index (χ4n) is 2.56. The second kappa shape index (κ2) is 14.3. The Morgan fingerprint density at radius 2 is 0.889 bits per heavy atom. The average Bonchev–Trinajstić information content (AvgIpc) is 2.30. The summed E-state index contributed by atoms with van der Waals surface area (Å²) in [7, 11) is 3.23. The number of unbranched alkanes of at least 4 members (excludes halogenated alkanes) is 6. The molecule has 0 saturated carbocycles. The normalized spacial score (nSPS) is 11.3. The minimum absolute atomic E-state index is 0. The molecule has 112 valence electrons.